The second kappa shape index (κ2) is 7.41. The van der Waals surface area contributed by atoms with E-state index in [0.717, 1.165) is 38.0 Å². The number of likely N-dealkylation sites (N-methyl/N-ethyl adjacent to an activating group) is 1. The van der Waals surface area contributed by atoms with Crippen molar-refractivity contribution >= 4 is 11.6 Å². The summed E-state index contributed by atoms with van der Waals surface area (Å²) in [4.78, 5) is 14.2. The molecule has 2 N–H and O–H groups in total. The highest BCUT2D eigenvalue weighted by Crippen LogP contribution is 2.12. The van der Waals surface area contributed by atoms with Crippen LogP contribution in [0.5, 0.6) is 0 Å². The quantitative estimate of drug-likeness (QED) is 0.862. The first-order valence-corrected chi connectivity index (χ1v) is 7.48. The maximum atomic E-state index is 12.1. The predicted molar refractivity (Wildman–Crippen MR) is 83.0 cm³/mol. The molecule has 1 fully saturated rings. The number of hydrogen-bond acceptors (Lipinski definition) is 3. The largest absolute Gasteiger partial charge is 0.325 e. The predicted octanol–water partition coefficient (Wildman–Crippen LogP) is 1.87. The summed E-state index contributed by atoms with van der Waals surface area (Å²) in [5, 5.41) is 6.31. The zero-order valence-electron chi connectivity index (χ0n) is 12.5. The van der Waals surface area contributed by atoms with Gasteiger partial charge in [-0.2, -0.15) is 0 Å². The van der Waals surface area contributed by atoms with Crippen molar-refractivity contribution < 1.29 is 4.79 Å². The number of piperidine rings is 1. The third-order valence-corrected chi connectivity index (χ3v) is 3.97. The lowest BCUT2D eigenvalue weighted by Gasteiger charge is -2.31. The molecule has 0 saturated carbocycles. The number of hydrogen-bond donors (Lipinski definition) is 2. The summed E-state index contributed by atoms with van der Waals surface area (Å²) in [6.45, 7) is 4.69. The van der Waals surface area contributed by atoms with Gasteiger partial charge in [-0.3, -0.25) is 9.69 Å². The maximum absolute atomic E-state index is 12.1. The highest BCUT2D eigenvalue weighted by molar-refractivity contribution is 5.92. The summed E-state index contributed by atoms with van der Waals surface area (Å²) < 4.78 is 0. The normalized spacial score (nSPS) is 16.4. The highest BCUT2D eigenvalue weighted by atomic mass is 16.2. The van der Waals surface area contributed by atoms with Crippen LogP contribution in [-0.2, 0) is 11.2 Å². The highest BCUT2D eigenvalue weighted by Gasteiger charge is 2.19. The monoisotopic (exact) mass is 275 g/mol. The number of nitrogens with zero attached hydrogens (tertiary/aromatic N) is 1. The molecule has 20 heavy (non-hydrogen) atoms. The van der Waals surface area contributed by atoms with Gasteiger partial charge in [-0.1, -0.05) is 19.1 Å². The molecule has 1 heterocycles. The average Bonchev–Trinajstić information content (AvgIpc) is 2.49. The number of carbonyl (C=O) groups excluding carboxylic acids is 1. The van der Waals surface area contributed by atoms with Crippen molar-refractivity contribution in [3.63, 3.8) is 0 Å². The lowest BCUT2D eigenvalue weighted by Crippen LogP contribution is -2.44. The van der Waals surface area contributed by atoms with Gasteiger partial charge in [0.1, 0.15) is 0 Å². The Kier molecular flexibility index (Phi) is 5.56. The SMILES string of the molecule is CCc1ccc(NC(=O)CN(C)C2CCNCC2)cc1. The van der Waals surface area contributed by atoms with Crippen LogP contribution in [0.15, 0.2) is 24.3 Å². The molecule has 0 aromatic heterocycles. The molecular weight excluding hydrogens is 250 g/mol. The number of aryl methyl sites for hydroxylation is 1. The van der Waals surface area contributed by atoms with Gasteiger partial charge in [-0.05, 0) is 57.1 Å². The van der Waals surface area contributed by atoms with Gasteiger partial charge < -0.3 is 10.6 Å². The molecule has 1 aliphatic rings. The third-order valence-electron chi connectivity index (χ3n) is 3.97. The molecule has 0 unspecified atom stereocenters. The minimum Gasteiger partial charge on any atom is -0.325 e. The molecule has 4 nitrogen and oxygen atoms in total. The van der Waals surface area contributed by atoms with Crippen LogP contribution in [0.3, 0.4) is 0 Å². The Bertz CT molecular complexity index is 424. The zero-order chi connectivity index (χ0) is 14.4. The van der Waals surface area contributed by atoms with Gasteiger partial charge in [-0.25, -0.2) is 0 Å². The van der Waals surface area contributed by atoms with Crippen molar-refractivity contribution in [1.82, 2.24) is 10.2 Å². The average molecular weight is 275 g/mol. The van der Waals surface area contributed by atoms with Crippen molar-refractivity contribution in [1.29, 1.82) is 0 Å². The molecule has 1 saturated heterocycles. The van der Waals surface area contributed by atoms with Crippen LogP contribution in [0.4, 0.5) is 5.69 Å². The molecule has 1 amide bonds. The van der Waals surface area contributed by atoms with E-state index in [4.69, 9.17) is 0 Å². The fourth-order valence-electron chi connectivity index (χ4n) is 2.63. The van der Waals surface area contributed by atoms with Gasteiger partial charge in [0.05, 0.1) is 6.54 Å². The van der Waals surface area contributed by atoms with Gasteiger partial charge in [-0.15, -0.1) is 0 Å². The summed E-state index contributed by atoms with van der Waals surface area (Å²) in [5.74, 6) is 0.0651. The molecule has 2 rings (SSSR count). The van der Waals surface area contributed by atoms with Gasteiger partial charge in [0.15, 0.2) is 0 Å². The molecule has 0 spiro atoms. The topological polar surface area (TPSA) is 44.4 Å². The molecule has 1 aromatic carbocycles. The molecule has 4 heteroatoms. The summed E-state index contributed by atoms with van der Waals surface area (Å²) in [6, 6.07) is 8.59. The van der Waals surface area contributed by atoms with Crippen LogP contribution in [-0.4, -0.2) is 43.5 Å². The van der Waals surface area contributed by atoms with E-state index in [1.807, 2.05) is 19.2 Å². The molecule has 0 bridgehead atoms. The van der Waals surface area contributed by atoms with E-state index in [-0.39, 0.29) is 5.91 Å². The third kappa shape index (κ3) is 4.32. The zero-order valence-corrected chi connectivity index (χ0v) is 12.5. The molecule has 1 aromatic rings. The van der Waals surface area contributed by atoms with E-state index in [1.54, 1.807) is 0 Å². The summed E-state index contributed by atoms with van der Waals surface area (Å²) in [5.41, 5.74) is 2.17. The van der Waals surface area contributed by atoms with Gasteiger partial charge >= 0.3 is 0 Å². The van der Waals surface area contributed by atoms with Crippen LogP contribution in [0.1, 0.15) is 25.3 Å². The van der Waals surface area contributed by atoms with Crippen LogP contribution < -0.4 is 10.6 Å². The molecule has 0 radical (unpaired) electrons. The number of carbonyl (C=O) groups is 1. The van der Waals surface area contributed by atoms with Crippen molar-refractivity contribution in [2.75, 3.05) is 32.0 Å². The Labute approximate surface area is 121 Å². The Morgan fingerprint density at radius 2 is 1.95 bits per heavy atom. The molecule has 110 valence electrons. The lowest BCUT2D eigenvalue weighted by atomic mass is 10.1. The van der Waals surface area contributed by atoms with E-state index in [2.05, 4.69) is 34.6 Å². The van der Waals surface area contributed by atoms with E-state index < -0.39 is 0 Å². The second-order valence-corrected chi connectivity index (χ2v) is 5.49. The first kappa shape index (κ1) is 15.0. The van der Waals surface area contributed by atoms with Crippen molar-refractivity contribution in [3.8, 4) is 0 Å². The molecule has 0 atom stereocenters. The molecule has 0 aliphatic carbocycles. The number of rotatable bonds is 5. The number of amides is 1. The number of nitrogens with one attached hydrogen (secondary N) is 2. The van der Waals surface area contributed by atoms with E-state index in [1.165, 1.54) is 5.56 Å². The van der Waals surface area contributed by atoms with Crippen LogP contribution in [0, 0.1) is 0 Å². The fraction of sp³-hybridized carbons (Fsp3) is 0.562. The van der Waals surface area contributed by atoms with Gasteiger partial charge in [0.2, 0.25) is 5.91 Å². The summed E-state index contributed by atoms with van der Waals surface area (Å²) >= 11 is 0. The Morgan fingerprint density at radius 1 is 1.30 bits per heavy atom. The maximum Gasteiger partial charge on any atom is 0.238 e. The standard InChI is InChI=1S/C16H25N3O/c1-3-13-4-6-14(7-5-13)18-16(20)12-19(2)15-8-10-17-11-9-15/h4-7,15,17H,3,8-12H2,1-2H3,(H,18,20). The summed E-state index contributed by atoms with van der Waals surface area (Å²) in [6.07, 6.45) is 3.26. The van der Waals surface area contributed by atoms with Crippen molar-refractivity contribution in [2.24, 2.45) is 0 Å². The lowest BCUT2D eigenvalue weighted by molar-refractivity contribution is -0.117. The van der Waals surface area contributed by atoms with E-state index >= 15 is 0 Å². The minimum atomic E-state index is 0.0651. The smallest absolute Gasteiger partial charge is 0.238 e. The Balaban J connectivity index is 1.81. The second-order valence-electron chi connectivity index (χ2n) is 5.49. The fourth-order valence-corrected chi connectivity index (χ4v) is 2.63. The first-order chi connectivity index (χ1) is 9.69. The minimum absolute atomic E-state index is 0.0651. The van der Waals surface area contributed by atoms with E-state index in [0.29, 0.717) is 12.6 Å². The van der Waals surface area contributed by atoms with Gasteiger partial charge in [0.25, 0.3) is 0 Å². The van der Waals surface area contributed by atoms with Crippen molar-refractivity contribution in [2.45, 2.75) is 32.2 Å². The first-order valence-electron chi connectivity index (χ1n) is 7.48. The van der Waals surface area contributed by atoms with Crippen LogP contribution >= 0.6 is 0 Å². The van der Waals surface area contributed by atoms with Crippen molar-refractivity contribution in [3.05, 3.63) is 29.8 Å². The van der Waals surface area contributed by atoms with E-state index in [9.17, 15) is 4.79 Å². The summed E-state index contributed by atoms with van der Waals surface area (Å²) in [7, 11) is 2.04. The number of benzene rings is 1. The van der Waals surface area contributed by atoms with Gasteiger partial charge in [0, 0.05) is 11.7 Å². The number of anilines is 1. The molecular formula is C16H25N3O. The van der Waals surface area contributed by atoms with Crippen LogP contribution in [0.2, 0.25) is 0 Å². The Morgan fingerprint density at radius 3 is 2.55 bits per heavy atom. The van der Waals surface area contributed by atoms with Crippen LogP contribution in [0.25, 0.3) is 0 Å². The Hall–Kier alpha value is -1.39. The molecule has 1 aliphatic heterocycles.